The van der Waals surface area contributed by atoms with Crippen molar-refractivity contribution in [1.29, 1.82) is 0 Å². The molecular weight excluding hydrogens is 199 g/mol. The zero-order valence-corrected chi connectivity index (χ0v) is 8.66. The Kier molecular flexibility index (Phi) is 3.80. The molecule has 1 aromatic rings. The lowest BCUT2D eigenvalue weighted by molar-refractivity contribution is -0.138. The van der Waals surface area contributed by atoms with Crippen LogP contribution in [0.25, 0.3) is 0 Å². The zero-order valence-electron chi connectivity index (χ0n) is 8.66. The standard InChI is InChI=1S/C11H13FO3/c1-7(11(13)14)8-3-4-9(6-15-2)10(12)5-8/h3-5,7H,6H2,1-2H3,(H,13,14). The number of aliphatic carboxylic acids is 1. The Labute approximate surface area is 87.5 Å². The normalized spacial score (nSPS) is 12.5. The van der Waals surface area contributed by atoms with Crippen molar-refractivity contribution in [3.8, 4) is 0 Å². The van der Waals surface area contributed by atoms with E-state index in [1.807, 2.05) is 0 Å². The molecule has 15 heavy (non-hydrogen) atoms. The van der Waals surface area contributed by atoms with Crippen LogP contribution in [-0.4, -0.2) is 18.2 Å². The summed E-state index contributed by atoms with van der Waals surface area (Å²) in [6, 6.07) is 4.40. The lowest BCUT2D eigenvalue weighted by Crippen LogP contribution is -2.08. The van der Waals surface area contributed by atoms with Gasteiger partial charge in [0.2, 0.25) is 0 Å². The molecule has 0 fully saturated rings. The molecule has 1 N–H and O–H groups in total. The summed E-state index contributed by atoms with van der Waals surface area (Å²) in [5.74, 6) is -2.09. The fraction of sp³-hybridized carbons (Fsp3) is 0.364. The minimum absolute atomic E-state index is 0.188. The van der Waals surface area contributed by atoms with Gasteiger partial charge in [-0.15, -0.1) is 0 Å². The van der Waals surface area contributed by atoms with E-state index in [0.717, 1.165) is 0 Å². The van der Waals surface area contributed by atoms with Crippen LogP contribution < -0.4 is 0 Å². The number of ether oxygens (including phenoxy) is 1. The van der Waals surface area contributed by atoms with Gasteiger partial charge in [-0.1, -0.05) is 12.1 Å². The molecule has 1 atom stereocenters. The molecule has 1 rings (SSSR count). The van der Waals surface area contributed by atoms with Crippen molar-refractivity contribution in [3.05, 3.63) is 35.1 Å². The van der Waals surface area contributed by atoms with Crippen molar-refractivity contribution in [2.45, 2.75) is 19.4 Å². The maximum absolute atomic E-state index is 13.4. The van der Waals surface area contributed by atoms with Crippen LogP contribution >= 0.6 is 0 Å². The first-order valence-corrected chi connectivity index (χ1v) is 4.56. The van der Waals surface area contributed by atoms with Gasteiger partial charge < -0.3 is 9.84 Å². The molecule has 0 aliphatic rings. The molecule has 0 aromatic heterocycles. The Hall–Kier alpha value is -1.42. The Morgan fingerprint density at radius 1 is 1.60 bits per heavy atom. The van der Waals surface area contributed by atoms with Gasteiger partial charge in [0.05, 0.1) is 12.5 Å². The number of benzene rings is 1. The quantitative estimate of drug-likeness (QED) is 0.831. The van der Waals surface area contributed by atoms with Crippen molar-refractivity contribution < 1.29 is 19.0 Å². The van der Waals surface area contributed by atoms with E-state index in [0.29, 0.717) is 11.1 Å². The highest BCUT2D eigenvalue weighted by atomic mass is 19.1. The second kappa shape index (κ2) is 4.89. The summed E-state index contributed by atoms with van der Waals surface area (Å²) in [5.41, 5.74) is 0.888. The number of hydrogen-bond donors (Lipinski definition) is 1. The van der Waals surface area contributed by atoms with Gasteiger partial charge in [-0.05, 0) is 18.6 Å². The van der Waals surface area contributed by atoms with E-state index in [9.17, 15) is 9.18 Å². The first-order valence-electron chi connectivity index (χ1n) is 4.56. The summed E-state index contributed by atoms with van der Waals surface area (Å²) in [5, 5.41) is 8.75. The van der Waals surface area contributed by atoms with Crippen LogP contribution in [0.3, 0.4) is 0 Å². The average molecular weight is 212 g/mol. The summed E-state index contributed by atoms with van der Waals surface area (Å²) < 4.78 is 18.2. The third-order valence-electron chi connectivity index (χ3n) is 2.25. The molecule has 0 aliphatic carbocycles. The molecule has 0 aliphatic heterocycles. The van der Waals surface area contributed by atoms with Crippen LogP contribution in [-0.2, 0) is 16.1 Å². The predicted octanol–water partition coefficient (Wildman–Crippen LogP) is 2.16. The van der Waals surface area contributed by atoms with Crippen LogP contribution in [0.5, 0.6) is 0 Å². The average Bonchev–Trinajstić information content (AvgIpc) is 2.20. The van der Waals surface area contributed by atoms with Gasteiger partial charge in [-0.3, -0.25) is 4.79 Å². The molecule has 0 bridgehead atoms. The van der Waals surface area contributed by atoms with Crippen LogP contribution in [0.15, 0.2) is 18.2 Å². The van der Waals surface area contributed by atoms with Crippen molar-refractivity contribution in [3.63, 3.8) is 0 Å². The first-order chi connectivity index (χ1) is 7.06. The highest BCUT2D eigenvalue weighted by Crippen LogP contribution is 2.19. The SMILES string of the molecule is COCc1ccc(C(C)C(=O)O)cc1F. The van der Waals surface area contributed by atoms with E-state index in [1.54, 1.807) is 12.1 Å². The van der Waals surface area contributed by atoms with Gasteiger partial charge in [0.1, 0.15) is 5.82 Å². The van der Waals surface area contributed by atoms with Gasteiger partial charge >= 0.3 is 5.97 Å². The smallest absolute Gasteiger partial charge is 0.310 e. The molecule has 1 aromatic carbocycles. The topological polar surface area (TPSA) is 46.5 Å². The van der Waals surface area contributed by atoms with Gasteiger partial charge in [-0.2, -0.15) is 0 Å². The van der Waals surface area contributed by atoms with Crippen molar-refractivity contribution in [2.75, 3.05) is 7.11 Å². The summed E-state index contributed by atoms with van der Waals surface area (Å²) in [6.45, 7) is 1.71. The van der Waals surface area contributed by atoms with Crippen molar-refractivity contribution >= 4 is 5.97 Å². The van der Waals surface area contributed by atoms with E-state index in [2.05, 4.69) is 0 Å². The molecule has 0 saturated carbocycles. The largest absolute Gasteiger partial charge is 0.481 e. The summed E-state index contributed by atoms with van der Waals surface area (Å²) in [7, 11) is 1.48. The molecule has 0 amide bonds. The van der Waals surface area contributed by atoms with Gasteiger partial charge in [0, 0.05) is 12.7 Å². The molecule has 0 saturated heterocycles. The summed E-state index contributed by atoms with van der Waals surface area (Å²) in [6.07, 6.45) is 0. The molecule has 82 valence electrons. The zero-order chi connectivity index (χ0) is 11.4. The van der Waals surface area contributed by atoms with Crippen LogP contribution in [0.4, 0.5) is 4.39 Å². The van der Waals surface area contributed by atoms with Gasteiger partial charge in [-0.25, -0.2) is 4.39 Å². The first kappa shape index (κ1) is 11.7. The Morgan fingerprint density at radius 3 is 2.73 bits per heavy atom. The lowest BCUT2D eigenvalue weighted by atomic mass is 10.00. The molecule has 0 heterocycles. The predicted molar refractivity (Wildman–Crippen MR) is 53.2 cm³/mol. The van der Waals surface area contributed by atoms with E-state index >= 15 is 0 Å². The summed E-state index contributed by atoms with van der Waals surface area (Å²) >= 11 is 0. The minimum Gasteiger partial charge on any atom is -0.481 e. The maximum atomic E-state index is 13.4. The number of carboxylic acid groups (broad SMARTS) is 1. The van der Waals surface area contributed by atoms with Crippen molar-refractivity contribution in [1.82, 2.24) is 0 Å². The van der Waals surface area contributed by atoms with E-state index in [4.69, 9.17) is 9.84 Å². The molecule has 4 heteroatoms. The Balaban J connectivity index is 2.95. The number of methoxy groups -OCH3 is 1. The number of halogens is 1. The van der Waals surface area contributed by atoms with E-state index in [1.165, 1.54) is 20.1 Å². The summed E-state index contributed by atoms with van der Waals surface area (Å²) in [4.78, 5) is 10.7. The fourth-order valence-electron chi connectivity index (χ4n) is 1.25. The third-order valence-corrected chi connectivity index (χ3v) is 2.25. The Bertz CT molecular complexity index is 363. The maximum Gasteiger partial charge on any atom is 0.310 e. The van der Waals surface area contributed by atoms with Gasteiger partial charge in [0.25, 0.3) is 0 Å². The van der Waals surface area contributed by atoms with Crippen molar-refractivity contribution in [2.24, 2.45) is 0 Å². The lowest BCUT2D eigenvalue weighted by Gasteiger charge is -2.08. The number of hydrogen-bond acceptors (Lipinski definition) is 2. The fourth-order valence-corrected chi connectivity index (χ4v) is 1.25. The molecular formula is C11H13FO3. The molecule has 0 radical (unpaired) electrons. The third kappa shape index (κ3) is 2.76. The van der Waals surface area contributed by atoms with E-state index in [-0.39, 0.29) is 6.61 Å². The molecule has 3 nitrogen and oxygen atoms in total. The molecule has 0 spiro atoms. The highest BCUT2D eigenvalue weighted by Gasteiger charge is 2.15. The van der Waals surface area contributed by atoms with E-state index < -0.39 is 17.7 Å². The van der Waals surface area contributed by atoms with Crippen LogP contribution in [0, 0.1) is 5.82 Å². The molecule has 1 unspecified atom stereocenters. The number of carboxylic acids is 1. The van der Waals surface area contributed by atoms with Gasteiger partial charge in [0.15, 0.2) is 0 Å². The second-order valence-electron chi connectivity index (χ2n) is 3.34. The van der Waals surface area contributed by atoms with Crippen LogP contribution in [0.1, 0.15) is 24.0 Å². The minimum atomic E-state index is -0.964. The van der Waals surface area contributed by atoms with Crippen LogP contribution in [0.2, 0.25) is 0 Å². The number of carbonyl (C=O) groups is 1. The Morgan fingerprint density at radius 2 is 2.27 bits per heavy atom. The monoisotopic (exact) mass is 212 g/mol. The second-order valence-corrected chi connectivity index (χ2v) is 3.34. The highest BCUT2D eigenvalue weighted by molar-refractivity contribution is 5.75. The number of rotatable bonds is 4.